The van der Waals surface area contributed by atoms with Crippen LogP contribution in [0.15, 0.2) is 12.4 Å². The molecule has 1 saturated heterocycles. The van der Waals surface area contributed by atoms with Crippen molar-refractivity contribution in [1.82, 2.24) is 20.2 Å². The van der Waals surface area contributed by atoms with Gasteiger partial charge >= 0.3 is 0 Å². The lowest BCUT2D eigenvalue weighted by Gasteiger charge is -2.11. The number of hydrogen-bond acceptors (Lipinski definition) is 7. The van der Waals surface area contributed by atoms with Crippen LogP contribution in [-0.4, -0.2) is 45.9 Å². The van der Waals surface area contributed by atoms with Crippen LogP contribution in [0, 0.1) is 5.92 Å². The van der Waals surface area contributed by atoms with Crippen LogP contribution < -0.4 is 15.4 Å². The smallest absolute Gasteiger partial charge is 0.236 e. The minimum Gasteiger partial charge on any atom is -0.476 e. The maximum absolute atomic E-state index is 12.1. The summed E-state index contributed by atoms with van der Waals surface area (Å²) in [6.07, 6.45) is 6.09. The predicted molar refractivity (Wildman–Crippen MR) is 87.9 cm³/mol. The summed E-state index contributed by atoms with van der Waals surface area (Å²) in [7, 11) is 0. The number of H-pyrrole nitrogens is 1. The van der Waals surface area contributed by atoms with Crippen molar-refractivity contribution in [2.75, 3.05) is 30.5 Å². The van der Waals surface area contributed by atoms with E-state index in [2.05, 4.69) is 30.8 Å². The average molecular weight is 342 g/mol. The zero-order chi connectivity index (χ0) is 16.9. The SMILES string of the molecule is O=C1Nc2nc(Nc3cn[nH]c3OC[C@H]3CCOC3)ncc2C12CC2. The fourth-order valence-corrected chi connectivity index (χ4v) is 3.37. The predicted octanol–water partition coefficient (Wildman–Crippen LogP) is 1.34. The zero-order valence-electron chi connectivity index (χ0n) is 13.5. The molecule has 9 heteroatoms. The number of aromatic nitrogens is 4. The lowest BCUT2D eigenvalue weighted by atomic mass is 10.0. The molecule has 1 aliphatic carbocycles. The van der Waals surface area contributed by atoms with E-state index < -0.39 is 0 Å². The van der Waals surface area contributed by atoms with E-state index in [-0.39, 0.29) is 11.3 Å². The Labute approximate surface area is 143 Å². The molecule has 2 aromatic rings. The number of ether oxygens (including phenoxy) is 2. The van der Waals surface area contributed by atoms with E-state index in [9.17, 15) is 4.79 Å². The number of hydrogen-bond donors (Lipinski definition) is 3. The molecule has 4 heterocycles. The topological polar surface area (TPSA) is 114 Å². The van der Waals surface area contributed by atoms with E-state index in [1.165, 1.54) is 0 Å². The second-order valence-electron chi connectivity index (χ2n) is 6.77. The lowest BCUT2D eigenvalue weighted by molar-refractivity contribution is -0.117. The molecule has 2 aromatic heterocycles. The summed E-state index contributed by atoms with van der Waals surface area (Å²) in [5, 5.41) is 12.8. The van der Waals surface area contributed by atoms with E-state index in [0.717, 1.165) is 38.0 Å². The normalized spacial score (nSPS) is 22.7. The van der Waals surface area contributed by atoms with Crippen LogP contribution in [0.5, 0.6) is 5.88 Å². The Morgan fingerprint density at radius 1 is 1.40 bits per heavy atom. The van der Waals surface area contributed by atoms with Crippen LogP contribution in [0.2, 0.25) is 0 Å². The van der Waals surface area contributed by atoms with E-state index in [1.807, 2.05) is 0 Å². The minimum atomic E-state index is -0.374. The standard InChI is InChI=1S/C16H18N6O3/c23-14-16(2-3-16)10-5-17-15(21-12(10)20-14)19-11-6-18-22-13(11)25-8-9-1-4-24-7-9/h5-6,9H,1-4,7-8H2,(H,18,22)(H2,17,19,20,21,23)/t9-/m0/s1. The molecule has 1 saturated carbocycles. The Balaban J connectivity index is 1.31. The maximum Gasteiger partial charge on any atom is 0.236 e. The summed E-state index contributed by atoms with van der Waals surface area (Å²) >= 11 is 0. The number of carbonyl (C=O) groups is 1. The molecule has 5 rings (SSSR count). The summed E-state index contributed by atoms with van der Waals surface area (Å²) in [5.41, 5.74) is 1.18. The second-order valence-corrected chi connectivity index (χ2v) is 6.77. The third-order valence-corrected chi connectivity index (χ3v) is 5.06. The Hall–Kier alpha value is -2.68. The number of rotatable bonds is 5. The first-order valence-electron chi connectivity index (χ1n) is 8.44. The molecule has 9 nitrogen and oxygen atoms in total. The molecule has 3 N–H and O–H groups in total. The Morgan fingerprint density at radius 3 is 3.12 bits per heavy atom. The van der Waals surface area contributed by atoms with Crippen molar-refractivity contribution in [3.8, 4) is 5.88 Å². The fourth-order valence-electron chi connectivity index (χ4n) is 3.37. The monoisotopic (exact) mass is 342 g/mol. The fraction of sp³-hybridized carbons (Fsp3) is 0.500. The van der Waals surface area contributed by atoms with Crippen molar-refractivity contribution in [2.24, 2.45) is 5.92 Å². The van der Waals surface area contributed by atoms with Crippen LogP contribution in [0.25, 0.3) is 0 Å². The molecule has 1 atom stereocenters. The highest BCUT2D eigenvalue weighted by molar-refractivity contribution is 6.07. The van der Waals surface area contributed by atoms with Crippen LogP contribution in [0.1, 0.15) is 24.8 Å². The Bertz CT molecular complexity index is 825. The molecule has 0 bridgehead atoms. The van der Waals surface area contributed by atoms with Crippen molar-refractivity contribution in [2.45, 2.75) is 24.7 Å². The summed E-state index contributed by atoms with van der Waals surface area (Å²) in [6.45, 7) is 2.09. The van der Waals surface area contributed by atoms with Gasteiger partial charge in [0, 0.05) is 24.3 Å². The van der Waals surface area contributed by atoms with Crippen LogP contribution in [0.4, 0.5) is 17.5 Å². The number of nitrogens with one attached hydrogen (secondary N) is 3. The summed E-state index contributed by atoms with van der Waals surface area (Å²) in [5.74, 6) is 1.96. The number of nitrogens with zero attached hydrogens (tertiary/aromatic N) is 3. The van der Waals surface area contributed by atoms with Gasteiger partial charge in [-0.3, -0.25) is 4.79 Å². The maximum atomic E-state index is 12.1. The van der Waals surface area contributed by atoms with Crippen molar-refractivity contribution >= 4 is 23.4 Å². The minimum absolute atomic E-state index is 0.0278. The first-order chi connectivity index (χ1) is 12.2. The van der Waals surface area contributed by atoms with Gasteiger partial charge in [0.2, 0.25) is 17.7 Å². The number of aromatic amines is 1. The zero-order valence-corrected chi connectivity index (χ0v) is 13.5. The summed E-state index contributed by atoms with van der Waals surface area (Å²) < 4.78 is 11.2. The number of anilines is 3. The molecular weight excluding hydrogens is 324 g/mol. The average Bonchev–Trinajstić information content (AvgIpc) is 2.92. The molecule has 2 fully saturated rings. The highest BCUT2D eigenvalue weighted by atomic mass is 16.5. The number of fused-ring (bicyclic) bond motifs is 2. The summed E-state index contributed by atoms with van der Waals surface area (Å²) in [6, 6.07) is 0. The van der Waals surface area contributed by atoms with Crippen LogP contribution >= 0.6 is 0 Å². The third-order valence-electron chi connectivity index (χ3n) is 5.06. The number of amides is 1. The quantitative estimate of drug-likeness (QED) is 0.751. The van der Waals surface area contributed by atoms with Crippen molar-refractivity contribution < 1.29 is 14.3 Å². The van der Waals surface area contributed by atoms with Gasteiger partial charge in [-0.1, -0.05) is 0 Å². The van der Waals surface area contributed by atoms with Crippen molar-refractivity contribution in [1.29, 1.82) is 0 Å². The van der Waals surface area contributed by atoms with E-state index in [1.54, 1.807) is 12.4 Å². The summed E-state index contributed by atoms with van der Waals surface area (Å²) in [4.78, 5) is 20.8. The van der Waals surface area contributed by atoms with Gasteiger partial charge in [-0.25, -0.2) is 10.1 Å². The van der Waals surface area contributed by atoms with Gasteiger partial charge < -0.3 is 20.1 Å². The van der Waals surface area contributed by atoms with Crippen molar-refractivity contribution in [3.05, 3.63) is 18.0 Å². The van der Waals surface area contributed by atoms with Gasteiger partial charge in [0.1, 0.15) is 11.5 Å². The molecule has 25 heavy (non-hydrogen) atoms. The molecule has 3 aliphatic rings. The molecule has 1 amide bonds. The molecule has 0 aromatic carbocycles. The molecule has 2 aliphatic heterocycles. The second kappa shape index (κ2) is 5.41. The molecule has 130 valence electrons. The first kappa shape index (κ1) is 14.6. The van der Waals surface area contributed by atoms with Gasteiger partial charge in [0.15, 0.2) is 0 Å². The Kier molecular flexibility index (Phi) is 3.17. The van der Waals surface area contributed by atoms with Crippen molar-refractivity contribution in [3.63, 3.8) is 0 Å². The molecule has 0 radical (unpaired) electrons. The van der Waals surface area contributed by atoms with E-state index in [0.29, 0.717) is 35.9 Å². The van der Waals surface area contributed by atoms with E-state index >= 15 is 0 Å². The largest absolute Gasteiger partial charge is 0.476 e. The first-order valence-corrected chi connectivity index (χ1v) is 8.44. The lowest BCUT2D eigenvalue weighted by Crippen LogP contribution is -2.18. The van der Waals surface area contributed by atoms with Gasteiger partial charge in [0.25, 0.3) is 0 Å². The highest BCUT2D eigenvalue weighted by Crippen LogP contribution is 2.54. The third kappa shape index (κ3) is 2.42. The number of carbonyl (C=O) groups excluding carboxylic acids is 1. The highest BCUT2D eigenvalue weighted by Gasteiger charge is 2.57. The van der Waals surface area contributed by atoms with Crippen LogP contribution in [0.3, 0.4) is 0 Å². The molecule has 1 spiro atoms. The molecule has 0 unspecified atom stereocenters. The molecular formula is C16H18N6O3. The van der Waals surface area contributed by atoms with E-state index in [4.69, 9.17) is 9.47 Å². The van der Waals surface area contributed by atoms with Gasteiger partial charge in [-0.2, -0.15) is 10.1 Å². The van der Waals surface area contributed by atoms with Gasteiger partial charge in [-0.15, -0.1) is 0 Å². The van der Waals surface area contributed by atoms with Gasteiger partial charge in [0.05, 0.1) is 24.8 Å². The van der Waals surface area contributed by atoms with Gasteiger partial charge in [-0.05, 0) is 19.3 Å². The Morgan fingerprint density at radius 2 is 2.32 bits per heavy atom. The van der Waals surface area contributed by atoms with Crippen LogP contribution in [-0.2, 0) is 14.9 Å².